The van der Waals surface area contributed by atoms with Crippen molar-refractivity contribution in [2.45, 2.75) is 17.3 Å². The molecule has 27 heavy (non-hydrogen) atoms. The Balaban J connectivity index is 1.42. The molecule has 0 aliphatic rings. The third-order valence-corrected chi connectivity index (χ3v) is 5.86. The van der Waals surface area contributed by atoms with Crippen molar-refractivity contribution in [3.63, 3.8) is 0 Å². The molecular formula is C19H15ClN4OS2. The van der Waals surface area contributed by atoms with Gasteiger partial charge in [0.1, 0.15) is 0 Å². The highest BCUT2D eigenvalue weighted by molar-refractivity contribution is 8.00. The van der Waals surface area contributed by atoms with Gasteiger partial charge in [-0.2, -0.15) is 0 Å². The van der Waals surface area contributed by atoms with E-state index in [-0.39, 0.29) is 11.2 Å². The van der Waals surface area contributed by atoms with Crippen LogP contribution in [0.15, 0.2) is 59.1 Å². The molecule has 1 atom stereocenters. The molecule has 4 rings (SSSR count). The maximum absolute atomic E-state index is 12.5. The second-order valence-electron chi connectivity index (χ2n) is 5.86. The fraction of sp³-hybridized carbons (Fsp3) is 0.105. The number of hydrogen-bond donors (Lipinski definition) is 2. The minimum atomic E-state index is -0.329. The number of thiazole rings is 1. The lowest BCUT2D eigenvalue weighted by molar-refractivity contribution is -0.115. The number of anilines is 1. The molecule has 8 heteroatoms. The molecule has 0 bridgehead atoms. The SMILES string of the molecule is C[C@H](Sc1nc2ccc(Cl)cc2[nH]1)C(=O)Nc1nc(-c2ccccc2)cs1. The monoisotopic (exact) mass is 414 g/mol. The zero-order valence-electron chi connectivity index (χ0n) is 14.3. The number of halogens is 1. The number of aromatic amines is 1. The minimum Gasteiger partial charge on any atom is -0.333 e. The van der Waals surface area contributed by atoms with E-state index in [1.54, 1.807) is 6.07 Å². The molecule has 0 radical (unpaired) electrons. The van der Waals surface area contributed by atoms with Gasteiger partial charge in [-0.15, -0.1) is 11.3 Å². The third kappa shape index (κ3) is 4.16. The molecule has 0 saturated heterocycles. The number of imidazole rings is 1. The Morgan fingerprint density at radius 1 is 1.22 bits per heavy atom. The Morgan fingerprint density at radius 2 is 2.04 bits per heavy atom. The molecule has 0 aliphatic heterocycles. The molecule has 0 aliphatic carbocycles. The molecule has 136 valence electrons. The number of benzene rings is 2. The lowest BCUT2D eigenvalue weighted by Crippen LogP contribution is -2.22. The highest BCUT2D eigenvalue weighted by Gasteiger charge is 2.18. The number of rotatable bonds is 5. The van der Waals surface area contributed by atoms with E-state index >= 15 is 0 Å². The molecule has 0 unspecified atom stereocenters. The largest absolute Gasteiger partial charge is 0.333 e. The zero-order valence-corrected chi connectivity index (χ0v) is 16.7. The number of amides is 1. The van der Waals surface area contributed by atoms with Crippen molar-refractivity contribution in [3.8, 4) is 11.3 Å². The van der Waals surface area contributed by atoms with Gasteiger partial charge in [0.05, 0.1) is 22.0 Å². The lowest BCUT2D eigenvalue weighted by Gasteiger charge is -2.08. The van der Waals surface area contributed by atoms with E-state index in [1.165, 1.54) is 23.1 Å². The number of carbonyl (C=O) groups excluding carboxylic acids is 1. The Morgan fingerprint density at radius 3 is 2.85 bits per heavy atom. The molecular weight excluding hydrogens is 400 g/mol. The van der Waals surface area contributed by atoms with Crippen LogP contribution in [-0.4, -0.2) is 26.1 Å². The van der Waals surface area contributed by atoms with Gasteiger partial charge in [-0.1, -0.05) is 53.7 Å². The molecule has 4 aromatic rings. The average molecular weight is 415 g/mol. The van der Waals surface area contributed by atoms with Gasteiger partial charge in [0.2, 0.25) is 5.91 Å². The normalized spacial score (nSPS) is 12.2. The van der Waals surface area contributed by atoms with Crippen LogP contribution in [0.1, 0.15) is 6.92 Å². The first-order valence-electron chi connectivity index (χ1n) is 8.22. The summed E-state index contributed by atoms with van der Waals surface area (Å²) < 4.78 is 0. The van der Waals surface area contributed by atoms with Crippen LogP contribution < -0.4 is 5.32 Å². The summed E-state index contributed by atoms with van der Waals surface area (Å²) in [6.07, 6.45) is 0. The van der Waals surface area contributed by atoms with Crippen LogP contribution in [-0.2, 0) is 4.79 Å². The Kier molecular flexibility index (Phi) is 5.15. The van der Waals surface area contributed by atoms with Crippen LogP contribution in [0.2, 0.25) is 5.02 Å². The molecule has 0 fully saturated rings. The summed E-state index contributed by atoms with van der Waals surface area (Å²) in [5, 5.41) is 6.40. The van der Waals surface area contributed by atoms with Crippen molar-refractivity contribution < 1.29 is 4.79 Å². The van der Waals surface area contributed by atoms with E-state index in [4.69, 9.17) is 11.6 Å². The maximum atomic E-state index is 12.5. The summed E-state index contributed by atoms with van der Waals surface area (Å²) in [4.78, 5) is 24.7. The first-order valence-corrected chi connectivity index (χ1v) is 10.4. The standard InChI is InChI=1S/C19H15ClN4OS2/c1-11(27-19-21-14-8-7-13(20)9-15(14)22-19)17(25)24-18-23-16(10-26-18)12-5-3-2-4-6-12/h2-11H,1H3,(H,21,22)(H,23,24,25)/t11-/m0/s1. The Labute approximate surface area is 169 Å². The highest BCUT2D eigenvalue weighted by Crippen LogP contribution is 2.28. The maximum Gasteiger partial charge on any atom is 0.239 e. The van der Waals surface area contributed by atoms with Crippen LogP contribution in [0.5, 0.6) is 0 Å². The van der Waals surface area contributed by atoms with Crippen LogP contribution >= 0.6 is 34.7 Å². The second kappa shape index (κ2) is 7.72. The predicted octanol–water partition coefficient (Wildman–Crippen LogP) is 5.46. The zero-order chi connectivity index (χ0) is 18.8. The molecule has 5 nitrogen and oxygen atoms in total. The number of fused-ring (bicyclic) bond motifs is 1. The van der Waals surface area contributed by atoms with E-state index in [0.29, 0.717) is 15.3 Å². The number of nitrogens with one attached hydrogen (secondary N) is 2. The number of hydrogen-bond acceptors (Lipinski definition) is 5. The van der Waals surface area contributed by atoms with Crippen molar-refractivity contribution in [3.05, 3.63) is 58.9 Å². The number of nitrogens with zero attached hydrogens (tertiary/aromatic N) is 2. The molecule has 2 aromatic carbocycles. The predicted molar refractivity (Wildman–Crippen MR) is 113 cm³/mol. The van der Waals surface area contributed by atoms with Crippen LogP contribution in [0.25, 0.3) is 22.3 Å². The van der Waals surface area contributed by atoms with E-state index in [0.717, 1.165) is 22.3 Å². The molecule has 2 N–H and O–H groups in total. The molecule has 0 saturated carbocycles. The molecule has 2 heterocycles. The third-order valence-electron chi connectivity index (χ3n) is 3.88. The first-order chi connectivity index (χ1) is 13.1. The molecule has 0 spiro atoms. The van der Waals surface area contributed by atoms with Gasteiger partial charge in [0.25, 0.3) is 0 Å². The van der Waals surface area contributed by atoms with Gasteiger partial charge in [-0.05, 0) is 25.1 Å². The Hall–Kier alpha value is -2.35. The van der Waals surface area contributed by atoms with Crippen molar-refractivity contribution in [2.75, 3.05) is 5.32 Å². The summed E-state index contributed by atoms with van der Waals surface area (Å²) >= 11 is 8.77. The minimum absolute atomic E-state index is 0.118. The van der Waals surface area contributed by atoms with Crippen LogP contribution in [0, 0.1) is 0 Å². The number of thioether (sulfide) groups is 1. The van der Waals surface area contributed by atoms with E-state index in [9.17, 15) is 4.79 Å². The van der Waals surface area contributed by atoms with E-state index < -0.39 is 0 Å². The second-order valence-corrected chi connectivity index (χ2v) is 8.48. The lowest BCUT2D eigenvalue weighted by atomic mass is 10.2. The summed E-state index contributed by atoms with van der Waals surface area (Å²) in [6, 6.07) is 15.3. The number of aromatic nitrogens is 3. The van der Waals surface area contributed by atoms with Crippen LogP contribution in [0.3, 0.4) is 0 Å². The van der Waals surface area contributed by atoms with Crippen molar-refractivity contribution in [1.82, 2.24) is 15.0 Å². The van der Waals surface area contributed by atoms with Crippen LogP contribution in [0.4, 0.5) is 5.13 Å². The topological polar surface area (TPSA) is 70.7 Å². The number of H-pyrrole nitrogens is 1. The van der Waals surface area contributed by atoms with Gasteiger partial charge in [-0.25, -0.2) is 9.97 Å². The molecule has 2 aromatic heterocycles. The smallest absolute Gasteiger partial charge is 0.239 e. The van der Waals surface area contributed by atoms with E-state index in [2.05, 4.69) is 20.3 Å². The van der Waals surface area contributed by atoms with E-state index in [1.807, 2.05) is 54.8 Å². The highest BCUT2D eigenvalue weighted by atomic mass is 35.5. The molecule has 1 amide bonds. The van der Waals surface area contributed by atoms with Gasteiger partial charge < -0.3 is 10.3 Å². The van der Waals surface area contributed by atoms with Crippen molar-refractivity contribution in [1.29, 1.82) is 0 Å². The van der Waals surface area contributed by atoms with Crippen molar-refractivity contribution in [2.24, 2.45) is 0 Å². The van der Waals surface area contributed by atoms with Gasteiger partial charge >= 0.3 is 0 Å². The van der Waals surface area contributed by atoms with Gasteiger partial charge in [0.15, 0.2) is 10.3 Å². The summed E-state index contributed by atoms with van der Waals surface area (Å²) in [6.45, 7) is 1.84. The summed E-state index contributed by atoms with van der Waals surface area (Å²) in [5.74, 6) is -0.118. The summed E-state index contributed by atoms with van der Waals surface area (Å²) in [5.41, 5.74) is 3.55. The fourth-order valence-corrected chi connectivity index (χ4v) is 4.23. The van der Waals surface area contributed by atoms with Gasteiger partial charge in [0, 0.05) is 16.0 Å². The quantitative estimate of drug-likeness (QED) is 0.425. The Bertz CT molecular complexity index is 1090. The first kappa shape index (κ1) is 18.0. The van der Waals surface area contributed by atoms with Gasteiger partial charge in [-0.3, -0.25) is 4.79 Å². The summed E-state index contributed by atoms with van der Waals surface area (Å²) in [7, 11) is 0. The number of carbonyl (C=O) groups is 1. The average Bonchev–Trinajstić information content (AvgIpc) is 3.28. The fourth-order valence-electron chi connectivity index (χ4n) is 2.51. The van der Waals surface area contributed by atoms with Crippen molar-refractivity contribution >= 4 is 56.8 Å².